The van der Waals surface area contributed by atoms with E-state index in [0.29, 0.717) is 69.8 Å². The van der Waals surface area contributed by atoms with Crippen molar-refractivity contribution >= 4 is 17.8 Å². The van der Waals surface area contributed by atoms with Gasteiger partial charge in [-0.1, -0.05) is 49.6 Å². The van der Waals surface area contributed by atoms with E-state index in [1.54, 1.807) is 0 Å². The standard InChI is InChI=1S/C23H37N7O2/c24-11-13-31-15-16-32-14-12-25-21-28-22(26-17-19-7-3-1-4-8-19)30-23(29-21)27-18-20-9-5-2-6-10-20/h1,3-4,7-8,20H,2,5-6,9-18,24H2,(H3,25,26,27,28,29,30). The van der Waals surface area contributed by atoms with Gasteiger partial charge in [-0.3, -0.25) is 0 Å². The Morgan fingerprint density at radius 2 is 1.44 bits per heavy atom. The average molecular weight is 444 g/mol. The smallest absolute Gasteiger partial charge is 0.229 e. The van der Waals surface area contributed by atoms with Crippen molar-refractivity contribution in [1.82, 2.24) is 15.0 Å². The SMILES string of the molecule is NCCOCCOCCNc1nc(NCc2ccccc2)nc(NCC2CCCCC2)n1. The Labute approximate surface area is 190 Å². The second-order valence-corrected chi connectivity index (χ2v) is 7.97. The van der Waals surface area contributed by atoms with Gasteiger partial charge in [-0.2, -0.15) is 15.0 Å². The molecule has 0 amide bonds. The molecule has 1 saturated carbocycles. The van der Waals surface area contributed by atoms with Crippen LogP contribution < -0.4 is 21.7 Å². The number of nitrogens with two attached hydrogens (primary N) is 1. The zero-order valence-electron chi connectivity index (χ0n) is 18.9. The van der Waals surface area contributed by atoms with E-state index in [9.17, 15) is 0 Å². The van der Waals surface area contributed by atoms with Gasteiger partial charge in [-0.25, -0.2) is 0 Å². The molecule has 0 saturated heterocycles. The molecule has 1 aliphatic rings. The molecule has 176 valence electrons. The molecule has 1 fully saturated rings. The topological polar surface area (TPSA) is 119 Å². The van der Waals surface area contributed by atoms with Crippen molar-refractivity contribution in [2.45, 2.75) is 38.6 Å². The van der Waals surface area contributed by atoms with Gasteiger partial charge >= 0.3 is 0 Å². The van der Waals surface area contributed by atoms with Crippen LogP contribution in [-0.4, -0.2) is 61.0 Å². The predicted molar refractivity (Wildman–Crippen MR) is 128 cm³/mol. The minimum atomic E-state index is 0.526. The molecule has 0 spiro atoms. The number of aromatic nitrogens is 3. The Morgan fingerprint density at radius 3 is 2.16 bits per heavy atom. The molecular weight excluding hydrogens is 406 g/mol. The summed E-state index contributed by atoms with van der Waals surface area (Å²) in [6.45, 7) is 4.85. The molecule has 1 aliphatic carbocycles. The van der Waals surface area contributed by atoms with Crippen molar-refractivity contribution in [3.05, 3.63) is 35.9 Å². The third-order valence-electron chi connectivity index (χ3n) is 5.37. The maximum atomic E-state index is 5.56. The van der Waals surface area contributed by atoms with E-state index in [1.807, 2.05) is 18.2 Å². The molecule has 2 aromatic rings. The Balaban J connectivity index is 1.51. The first kappa shape index (κ1) is 24.2. The highest BCUT2D eigenvalue weighted by molar-refractivity contribution is 5.42. The Hall–Kier alpha value is -2.49. The Morgan fingerprint density at radius 1 is 0.781 bits per heavy atom. The molecule has 0 aliphatic heterocycles. The fourth-order valence-corrected chi connectivity index (χ4v) is 3.66. The van der Waals surface area contributed by atoms with Crippen LogP contribution in [0.15, 0.2) is 30.3 Å². The molecule has 1 heterocycles. The zero-order valence-corrected chi connectivity index (χ0v) is 18.9. The van der Waals surface area contributed by atoms with Crippen molar-refractivity contribution in [1.29, 1.82) is 0 Å². The summed E-state index contributed by atoms with van der Waals surface area (Å²) >= 11 is 0. The summed E-state index contributed by atoms with van der Waals surface area (Å²) < 4.78 is 10.9. The van der Waals surface area contributed by atoms with Crippen molar-refractivity contribution in [3.8, 4) is 0 Å². The normalized spacial score (nSPS) is 14.3. The quantitative estimate of drug-likeness (QED) is 0.308. The summed E-state index contributed by atoms with van der Waals surface area (Å²) in [7, 11) is 0. The fraction of sp³-hybridized carbons (Fsp3) is 0.609. The largest absolute Gasteiger partial charge is 0.378 e. The van der Waals surface area contributed by atoms with Gasteiger partial charge < -0.3 is 31.2 Å². The molecule has 9 heteroatoms. The van der Waals surface area contributed by atoms with Crippen LogP contribution in [-0.2, 0) is 16.0 Å². The van der Waals surface area contributed by atoms with Gasteiger partial charge in [-0.15, -0.1) is 0 Å². The van der Waals surface area contributed by atoms with Gasteiger partial charge in [0.15, 0.2) is 0 Å². The number of rotatable bonds is 15. The van der Waals surface area contributed by atoms with Crippen LogP contribution in [0.2, 0.25) is 0 Å². The van der Waals surface area contributed by atoms with Crippen molar-refractivity contribution < 1.29 is 9.47 Å². The van der Waals surface area contributed by atoms with Gasteiger partial charge in [0.1, 0.15) is 0 Å². The van der Waals surface area contributed by atoms with E-state index in [0.717, 1.165) is 6.54 Å². The van der Waals surface area contributed by atoms with Gasteiger partial charge in [-0.05, 0) is 24.3 Å². The van der Waals surface area contributed by atoms with Crippen LogP contribution >= 0.6 is 0 Å². The molecule has 32 heavy (non-hydrogen) atoms. The molecular formula is C23H37N7O2. The number of nitrogens with zero attached hydrogens (tertiary/aromatic N) is 3. The Kier molecular flexibility index (Phi) is 11.0. The lowest BCUT2D eigenvalue weighted by Gasteiger charge is -2.21. The highest BCUT2D eigenvalue weighted by atomic mass is 16.5. The van der Waals surface area contributed by atoms with Crippen LogP contribution in [0.25, 0.3) is 0 Å². The summed E-state index contributed by atoms with van der Waals surface area (Å²) in [5.74, 6) is 2.37. The van der Waals surface area contributed by atoms with Crippen molar-refractivity contribution in [3.63, 3.8) is 0 Å². The lowest BCUT2D eigenvalue weighted by atomic mass is 9.89. The maximum Gasteiger partial charge on any atom is 0.229 e. The third-order valence-corrected chi connectivity index (χ3v) is 5.37. The molecule has 5 N–H and O–H groups in total. The second kappa shape index (κ2) is 14.5. The number of ether oxygens (including phenoxy) is 2. The highest BCUT2D eigenvalue weighted by Gasteiger charge is 2.14. The highest BCUT2D eigenvalue weighted by Crippen LogP contribution is 2.23. The molecule has 3 rings (SSSR count). The van der Waals surface area contributed by atoms with Crippen LogP contribution in [0, 0.1) is 5.92 Å². The first-order chi connectivity index (χ1) is 15.8. The van der Waals surface area contributed by atoms with Gasteiger partial charge in [0.05, 0.1) is 26.4 Å². The molecule has 0 unspecified atom stereocenters. The number of anilines is 3. The fourth-order valence-electron chi connectivity index (χ4n) is 3.66. The van der Waals surface area contributed by atoms with Gasteiger partial charge in [0.25, 0.3) is 0 Å². The lowest BCUT2D eigenvalue weighted by molar-refractivity contribution is 0.0547. The first-order valence-electron chi connectivity index (χ1n) is 11.7. The monoisotopic (exact) mass is 443 g/mol. The molecule has 0 bridgehead atoms. The zero-order chi connectivity index (χ0) is 22.3. The van der Waals surface area contributed by atoms with E-state index in [4.69, 9.17) is 15.2 Å². The minimum Gasteiger partial charge on any atom is -0.378 e. The van der Waals surface area contributed by atoms with Crippen LogP contribution in [0.3, 0.4) is 0 Å². The molecule has 9 nitrogen and oxygen atoms in total. The van der Waals surface area contributed by atoms with E-state index in [-0.39, 0.29) is 0 Å². The first-order valence-corrected chi connectivity index (χ1v) is 11.7. The van der Waals surface area contributed by atoms with Gasteiger partial charge in [0, 0.05) is 26.2 Å². The van der Waals surface area contributed by atoms with Crippen LogP contribution in [0.5, 0.6) is 0 Å². The van der Waals surface area contributed by atoms with E-state index >= 15 is 0 Å². The second-order valence-electron chi connectivity index (χ2n) is 7.97. The van der Waals surface area contributed by atoms with Gasteiger partial charge in [0.2, 0.25) is 17.8 Å². The molecule has 1 aromatic carbocycles. The lowest BCUT2D eigenvalue weighted by Crippen LogP contribution is -2.20. The van der Waals surface area contributed by atoms with Crippen molar-refractivity contribution in [2.75, 3.05) is 62.0 Å². The number of hydrogen-bond donors (Lipinski definition) is 4. The minimum absolute atomic E-state index is 0.526. The van der Waals surface area contributed by atoms with Crippen LogP contribution in [0.4, 0.5) is 17.8 Å². The predicted octanol–water partition coefficient (Wildman–Crippen LogP) is 2.88. The average Bonchev–Trinajstić information content (AvgIpc) is 2.84. The Bertz CT molecular complexity index is 757. The molecule has 0 radical (unpaired) electrons. The summed E-state index contributed by atoms with van der Waals surface area (Å²) in [6, 6.07) is 10.2. The number of hydrogen-bond acceptors (Lipinski definition) is 9. The summed E-state index contributed by atoms with van der Waals surface area (Å²) in [5.41, 5.74) is 6.56. The number of benzene rings is 1. The third kappa shape index (κ3) is 9.33. The van der Waals surface area contributed by atoms with E-state index in [1.165, 1.54) is 37.7 Å². The molecule has 0 atom stereocenters. The maximum absolute atomic E-state index is 5.56. The summed E-state index contributed by atoms with van der Waals surface area (Å²) in [4.78, 5) is 13.7. The van der Waals surface area contributed by atoms with E-state index < -0.39 is 0 Å². The number of nitrogens with one attached hydrogen (secondary N) is 3. The van der Waals surface area contributed by atoms with E-state index in [2.05, 4.69) is 43.0 Å². The summed E-state index contributed by atoms with van der Waals surface area (Å²) in [6.07, 6.45) is 6.53. The summed E-state index contributed by atoms with van der Waals surface area (Å²) in [5, 5.41) is 9.97. The molecule has 1 aromatic heterocycles. The van der Waals surface area contributed by atoms with Crippen LogP contribution in [0.1, 0.15) is 37.7 Å². The van der Waals surface area contributed by atoms with Crippen molar-refractivity contribution in [2.24, 2.45) is 11.7 Å².